The molecule has 0 amide bonds. The highest BCUT2D eigenvalue weighted by molar-refractivity contribution is 9.09. The number of rotatable bonds is 5. The number of halogens is 1. The predicted octanol–water partition coefficient (Wildman–Crippen LogP) is 1.91. The van der Waals surface area contributed by atoms with E-state index >= 15 is 0 Å². The first kappa shape index (κ1) is 12.1. The van der Waals surface area contributed by atoms with E-state index in [0.717, 1.165) is 17.4 Å². The molecule has 0 saturated heterocycles. The van der Waals surface area contributed by atoms with Crippen LogP contribution in [-0.4, -0.2) is 30.5 Å². The van der Waals surface area contributed by atoms with Gasteiger partial charge in [-0.1, -0.05) is 26.3 Å². The first-order chi connectivity index (χ1) is 9.35. The van der Waals surface area contributed by atoms with Crippen LogP contribution in [0.2, 0.25) is 0 Å². The topological polar surface area (TPSA) is 82.8 Å². The molecule has 3 heterocycles. The van der Waals surface area contributed by atoms with Gasteiger partial charge in [-0.25, -0.2) is 4.68 Å². The molecular formula is C11H10BrN5O2. The van der Waals surface area contributed by atoms with Gasteiger partial charge in [-0.2, -0.15) is 4.98 Å². The van der Waals surface area contributed by atoms with Crippen LogP contribution in [0.1, 0.15) is 11.6 Å². The van der Waals surface area contributed by atoms with Crippen LogP contribution in [-0.2, 0) is 13.0 Å². The van der Waals surface area contributed by atoms with Crippen molar-refractivity contribution in [1.29, 1.82) is 0 Å². The van der Waals surface area contributed by atoms with Gasteiger partial charge in [-0.05, 0) is 12.1 Å². The zero-order valence-electron chi connectivity index (χ0n) is 9.86. The summed E-state index contributed by atoms with van der Waals surface area (Å²) < 4.78 is 12.0. The van der Waals surface area contributed by atoms with E-state index in [1.165, 1.54) is 0 Å². The molecule has 0 N–H and O–H groups in total. The highest BCUT2D eigenvalue weighted by Gasteiger charge is 2.11. The summed E-state index contributed by atoms with van der Waals surface area (Å²) in [6.45, 7) is 0.392. The smallest absolute Gasteiger partial charge is 0.248 e. The number of aryl methyl sites for hydroxylation is 1. The van der Waals surface area contributed by atoms with Crippen molar-refractivity contribution >= 4 is 15.9 Å². The molecule has 0 bridgehead atoms. The quantitative estimate of drug-likeness (QED) is 0.667. The maximum Gasteiger partial charge on any atom is 0.248 e. The lowest BCUT2D eigenvalue weighted by Gasteiger charge is -1.92. The Hall–Kier alpha value is -1.96. The molecule has 0 unspecified atom stereocenters. The first-order valence-electron chi connectivity index (χ1n) is 5.66. The molecule has 8 heteroatoms. The average Bonchev–Trinajstić information content (AvgIpc) is 3.10. The molecule has 3 aromatic heterocycles. The Kier molecular flexibility index (Phi) is 3.41. The highest BCUT2D eigenvalue weighted by atomic mass is 79.9. The second-order valence-electron chi connectivity index (χ2n) is 3.84. The molecular weight excluding hydrogens is 314 g/mol. The van der Waals surface area contributed by atoms with Crippen molar-refractivity contribution in [2.24, 2.45) is 0 Å². The Balaban J connectivity index is 1.72. The Morgan fingerprint density at radius 1 is 1.37 bits per heavy atom. The molecule has 3 rings (SSSR count). The molecule has 19 heavy (non-hydrogen) atoms. The lowest BCUT2D eigenvalue weighted by molar-refractivity contribution is 0.363. The van der Waals surface area contributed by atoms with Crippen LogP contribution in [0.15, 0.2) is 33.5 Å². The average molecular weight is 324 g/mol. The van der Waals surface area contributed by atoms with Crippen molar-refractivity contribution in [3.05, 3.63) is 36.2 Å². The molecule has 0 aromatic carbocycles. The van der Waals surface area contributed by atoms with Gasteiger partial charge >= 0.3 is 0 Å². The largest absolute Gasteiger partial charge is 0.461 e. The number of aromatic nitrogens is 5. The minimum Gasteiger partial charge on any atom is -0.461 e. The minimum absolute atomic E-state index is 0.392. The first-order valence-corrected chi connectivity index (χ1v) is 6.79. The predicted molar refractivity (Wildman–Crippen MR) is 68.6 cm³/mol. The van der Waals surface area contributed by atoms with Crippen molar-refractivity contribution in [2.45, 2.75) is 13.0 Å². The third kappa shape index (κ3) is 2.73. The summed E-state index contributed by atoms with van der Waals surface area (Å²) in [6, 6.07) is 3.55. The number of hydrogen-bond donors (Lipinski definition) is 0. The van der Waals surface area contributed by atoms with Crippen molar-refractivity contribution in [3.8, 4) is 11.6 Å². The Bertz CT molecular complexity index is 646. The second-order valence-corrected chi connectivity index (χ2v) is 4.63. The summed E-state index contributed by atoms with van der Waals surface area (Å²) in [4.78, 5) is 4.23. The van der Waals surface area contributed by atoms with Gasteiger partial charge in [0.2, 0.25) is 11.7 Å². The molecule has 0 aliphatic carbocycles. The van der Waals surface area contributed by atoms with Crippen molar-refractivity contribution in [1.82, 2.24) is 25.1 Å². The summed E-state index contributed by atoms with van der Waals surface area (Å²) in [5.74, 6) is 1.47. The molecule has 0 saturated carbocycles. The van der Waals surface area contributed by atoms with Crippen LogP contribution < -0.4 is 0 Å². The van der Waals surface area contributed by atoms with Crippen LogP contribution in [0.3, 0.4) is 0 Å². The van der Waals surface area contributed by atoms with Gasteiger partial charge < -0.3 is 8.94 Å². The Morgan fingerprint density at radius 3 is 3.11 bits per heavy atom. The molecule has 0 aliphatic rings. The Morgan fingerprint density at radius 2 is 2.32 bits per heavy atom. The third-order valence-electron chi connectivity index (χ3n) is 2.44. The maximum atomic E-state index is 5.19. The summed E-state index contributed by atoms with van der Waals surface area (Å²) in [5, 5.41) is 12.7. The fourth-order valence-electron chi connectivity index (χ4n) is 1.59. The molecule has 7 nitrogen and oxygen atoms in total. The summed E-state index contributed by atoms with van der Waals surface area (Å²) in [5.41, 5.74) is 0.919. The minimum atomic E-state index is 0.392. The third-order valence-corrected chi connectivity index (χ3v) is 2.84. The number of nitrogens with zero attached hydrogens (tertiary/aromatic N) is 5. The van der Waals surface area contributed by atoms with E-state index in [1.54, 1.807) is 23.1 Å². The fraction of sp³-hybridized carbons (Fsp3) is 0.273. The van der Waals surface area contributed by atoms with Crippen molar-refractivity contribution in [2.75, 3.05) is 5.33 Å². The maximum absolute atomic E-state index is 5.19. The van der Waals surface area contributed by atoms with E-state index in [1.807, 2.05) is 6.20 Å². The van der Waals surface area contributed by atoms with E-state index in [2.05, 4.69) is 36.4 Å². The number of alkyl halides is 1. The summed E-state index contributed by atoms with van der Waals surface area (Å²) >= 11 is 3.36. The highest BCUT2D eigenvalue weighted by Crippen LogP contribution is 2.15. The van der Waals surface area contributed by atoms with Crippen LogP contribution in [0, 0.1) is 0 Å². The summed E-state index contributed by atoms with van der Waals surface area (Å²) in [7, 11) is 0. The lowest BCUT2D eigenvalue weighted by atomic mass is 10.4. The van der Waals surface area contributed by atoms with Gasteiger partial charge in [0.05, 0.1) is 12.0 Å². The van der Waals surface area contributed by atoms with Crippen LogP contribution >= 0.6 is 15.9 Å². The zero-order chi connectivity index (χ0) is 13.1. The fourth-order valence-corrected chi connectivity index (χ4v) is 2.00. The lowest BCUT2D eigenvalue weighted by Crippen LogP contribution is -2.00. The SMILES string of the molecule is BrCCc1cn(Cc2nc(-c3ccco3)no2)nn1. The van der Waals surface area contributed by atoms with E-state index in [0.29, 0.717) is 24.0 Å². The van der Waals surface area contributed by atoms with E-state index < -0.39 is 0 Å². The Labute approximate surface area is 116 Å². The number of furan rings is 1. The van der Waals surface area contributed by atoms with Gasteiger partial charge in [0, 0.05) is 17.9 Å². The van der Waals surface area contributed by atoms with Gasteiger partial charge in [0.25, 0.3) is 0 Å². The molecule has 3 aromatic rings. The van der Waals surface area contributed by atoms with Gasteiger partial charge in [0.15, 0.2) is 5.76 Å². The monoisotopic (exact) mass is 323 g/mol. The molecule has 0 radical (unpaired) electrons. The summed E-state index contributed by atoms with van der Waals surface area (Å²) in [6.07, 6.45) is 4.26. The standard InChI is InChI=1S/C11H10BrN5O2/c12-4-3-8-6-17(16-14-8)7-10-13-11(15-19-10)9-2-1-5-18-9/h1-2,5-6H,3-4,7H2. The van der Waals surface area contributed by atoms with Crippen molar-refractivity contribution < 1.29 is 8.94 Å². The molecule has 0 spiro atoms. The normalized spacial score (nSPS) is 11.0. The molecule has 0 atom stereocenters. The van der Waals surface area contributed by atoms with Gasteiger partial charge in [-0.3, -0.25) is 0 Å². The second kappa shape index (κ2) is 5.35. The molecule has 98 valence electrons. The van der Waals surface area contributed by atoms with Gasteiger partial charge in [0.1, 0.15) is 6.54 Å². The zero-order valence-corrected chi connectivity index (χ0v) is 11.4. The van der Waals surface area contributed by atoms with E-state index in [4.69, 9.17) is 8.94 Å². The molecule has 0 fully saturated rings. The van der Waals surface area contributed by atoms with Crippen LogP contribution in [0.4, 0.5) is 0 Å². The van der Waals surface area contributed by atoms with Crippen LogP contribution in [0.25, 0.3) is 11.6 Å². The van der Waals surface area contributed by atoms with Crippen LogP contribution in [0.5, 0.6) is 0 Å². The van der Waals surface area contributed by atoms with E-state index in [-0.39, 0.29) is 0 Å². The number of hydrogen-bond acceptors (Lipinski definition) is 6. The van der Waals surface area contributed by atoms with E-state index in [9.17, 15) is 0 Å². The van der Waals surface area contributed by atoms with Gasteiger partial charge in [-0.15, -0.1) is 5.10 Å². The van der Waals surface area contributed by atoms with Crippen molar-refractivity contribution in [3.63, 3.8) is 0 Å². The molecule has 0 aliphatic heterocycles.